The van der Waals surface area contributed by atoms with Gasteiger partial charge in [-0.05, 0) is 31.9 Å². The third-order valence-electron chi connectivity index (χ3n) is 3.11. The molecule has 0 aromatic carbocycles. The van der Waals surface area contributed by atoms with E-state index in [4.69, 9.17) is 11.6 Å². The number of nitrogens with zero attached hydrogens (tertiary/aromatic N) is 1. The summed E-state index contributed by atoms with van der Waals surface area (Å²) in [6, 6.07) is 3.65. The normalized spacial score (nSPS) is 18.7. The van der Waals surface area contributed by atoms with Crippen molar-refractivity contribution in [1.29, 1.82) is 0 Å². The van der Waals surface area contributed by atoms with Crippen LogP contribution in [0.3, 0.4) is 0 Å². The summed E-state index contributed by atoms with van der Waals surface area (Å²) in [6.45, 7) is 3.18. The number of aliphatic hydroxyl groups is 1. The Morgan fingerprint density at radius 2 is 2.22 bits per heavy atom. The highest BCUT2D eigenvalue weighted by atomic mass is 35.5. The lowest BCUT2D eigenvalue weighted by atomic mass is 10.1. The molecule has 0 saturated carbocycles. The van der Waals surface area contributed by atoms with Crippen molar-refractivity contribution in [2.75, 3.05) is 13.1 Å². The zero-order valence-corrected chi connectivity index (χ0v) is 11.8. The summed E-state index contributed by atoms with van der Waals surface area (Å²) in [5, 5.41) is 12.4. The molecular formula is C12H17ClN2O2S. The minimum absolute atomic E-state index is 0.0400. The van der Waals surface area contributed by atoms with Crippen LogP contribution in [0.2, 0.25) is 4.34 Å². The Bertz CT molecular complexity index is 416. The van der Waals surface area contributed by atoms with Crippen LogP contribution in [0, 0.1) is 0 Å². The summed E-state index contributed by atoms with van der Waals surface area (Å²) in [4.78, 5) is 14.8. The molecule has 0 aliphatic carbocycles. The largest absolute Gasteiger partial charge is 0.393 e. The van der Waals surface area contributed by atoms with E-state index in [1.54, 1.807) is 4.90 Å². The van der Waals surface area contributed by atoms with Gasteiger partial charge in [-0.1, -0.05) is 11.6 Å². The van der Waals surface area contributed by atoms with Crippen molar-refractivity contribution in [2.45, 2.75) is 31.9 Å². The van der Waals surface area contributed by atoms with Gasteiger partial charge in [0.1, 0.15) is 0 Å². The van der Waals surface area contributed by atoms with Crippen LogP contribution in [-0.4, -0.2) is 35.2 Å². The molecule has 1 fully saturated rings. The smallest absolute Gasteiger partial charge is 0.317 e. The van der Waals surface area contributed by atoms with Crippen molar-refractivity contribution in [3.8, 4) is 0 Å². The van der Waals surface area contributed by atoms with E-state index in [9.17, 15) is 9.90 Å². The maximum atomic E-state index is 12.0. The van der Waals surface area contributed by atoms with E-state index in [1.807, 2.05) is 19.1 Å². The molecule has 1 aliphatic heterocycles. The number of carbonyl (C=O) groups excluding carboxylic acids is 1. The maximum absolute atomic E-state index is 12.0. The van der Waals surface area contributed by atoms with E-state index >= 15 is 0 Å². The monoisotopic (exact) mass is 288 g/mol. The van der Waals surface area contributed by atoms with Crippen molar-refractivity contribution in [2.24, 2.45) is 0 Å². The quantitative estimate of drug-likeness (QED) is 0.879. The number of nitrogens with one attached hydrogen (secondary N) is 1. The van der Waals surface area contributed by atoms with Gasteiger partial charge in [0.05, 0.1) is 16.5 Å². The van der Waals surface area contributed by atoms with Gasteiger partial charge in [-0.25, -0.2) is 4.79 Å². The van der Waals surface area contributed by atoms with Crippen LogP contribution in [0.25, 0.3) is 0 Å². The summed E-state index contributed by atoms with van der Waals surface area (Å²) in [6.07, 6.45) is 1.06. The molecule has 1 atom stereocenters. The van der Waals surface area contributed by atoms with Gasteiger partial charge in [-0.2, -0.15) is 0 Å². The van der Waals surface area contributed by atoms with Crippen molar-refractivity contribution >= 4 is 29.0 Å². The first-order valence-electron chi connectivity index (χ1n) is 6.05. The average molecular weight is 289 g/mol. The lowest BCUT2D eigenvalue weighted by Gasteiger charge is -2.30. The van der Waals surface area contributed by atoms with Crippen LogP contribution in [0.15, 0.2) is 12.1 Å². The molecule has 2 heterocycles. The van der Waals surface area contributed by atoms with E-state index in [2.05, 4.69) is 5.32 Å². The number of amides is 2. The Kier molecular flexibility index (Phi) is 4.48. The first-order chi connectivity index (χ1) is 8.56. The fourth-order valence-electron chi connectivity index (χ4n) is 1.98. The molecule has 1 aromatic rings. The SMILES string of the molecule is C[C@H](NC(=O)N1CCC(O)CC1)c1ccc(Cl)s1. The van der Waals surface area contributed by atoms with Crippen LogP contribution in [0.4, 0.5) is 4.79 Å². The number of rotatable bonds is 2. The molecule has 100 valence electrons. The van der Waals surface area contributed by atoms with Gasteiger partial charge in [0.25, 0.3) is 0 Å². The standard InChI is InChI=1S/C12H17ClN2O2S/c1-8(10-2-3-11(13)18-10)14-12(17)15-6-4-9(16)5-7-15/h2-3,8-9,16H,4-7H2,1H3,(H,14,17)/t8-/m0/s1. The Morgan fingerprint density at radius 1 is 1.56 bits per heavy atom. The number of aliphatic hydroxyl groups excluding tert-OH is 1. The average Bonchev–Trinajstić information content (AvgIpc) is 2.76. The molecule has 1 saturated heterocycles. The number of hydrogen-bond acceptors (Lipinski definition) is 3. The molecule has 18 heavy (non-hydrogen) atoms. The summed E-state index contributed by atoms with van der Waals surface area (Å²) >= 11 is 7.35. The molecule has 0 unspecified atom stereocenters. The second kappa shape index (κ2) is 5.91. The second-order valence-electron chi connectivity index (χ2n) is 4.53. The first-order valence-corrected chi connectivity index (χ1v) is 7.24. The third kappa shape index (κ3) is 3.37. The highest BCUT2D eigenvalue weighted by Gasteiger charge is 2.22. The van der Waals surface area contributed by atoms with Gasteiger partial charge in [0.15, 0.2) is 0 Å². The number of hydrogen-bond donors (Lipinski definition) is 2. The van der Waals surface area contributed by atoms with Crippen LogP contribution in [0.1, 0.15) is 30.7 Å². The predicted octanol–water partition coefficient (Wildman–Crippen LogP) is 2.63. The molecule has 2 rings (SSSR count). The van der Waals surface area contributed by atoms with E-state index in [0.29, 0.717) is 25.9 Å². The molecule has 0 bridgehead atoms. The molecule has 2 N–H and O–H groups in total. The molecule has 1 aromatic heterocycles. The highest BCUT2D eigenvalue weighted by molar-refractivity contribution is 7.16. The molecule has 6 heteroatoms. The highest BCUT2D eigenvalue weighted by Crippen LogP contribution is 2.26. The zero-order chi connectivity index (χ0) is 13.1. The molecule has 0 spiro atoms. The Labute approximate surface area is 116 Å². The topological polar surface area (TPSA) is 52.6 Å². The summed E-state index contributed by atoms with van der Waals surface area (Å²) in [5.41, 5.74) is 0. The van der Waals surface area contributed by atoms with Gasteiger partial charge in [-0.3, -0.25) is 0 Å². The number of likely N-dealkylation sites (tertiary alicyclic amines) is 1. The Morgan fingerprint density at radius 3 is 2.78 bits per heavy atom. The zero-order valence-electron chi connectivity index (χ0n) is 10.2. The van der Waals surface area contributed by atoms with E-state index in [-0.39, 0.29) is 18.2 Å². The van der Waals surface area contributed by atoms with E-state index in [0.717, 1.165) is 9.21 Å². The fourth-order valence-corrected chi connectivity index (χ4v) is 3.04. The molecular weight excluding hydrogens is 272 g/mol. The van der Waals surface area contributed by atoms with Gasteiger partial charge >= 0.3 is 6.03 Å². The van der Waals surface area contributed by atoms with Crippen molar-refractivity contribution in [3.63, 3.8) is 0 Å². The summed E-state index contributed by atoms with van der Waals surface area (Å²) in [5.74, 6) is 0. The summed E-state index contributed by atoms with van der Waals surface area (Å²) < 4.78 is 0.729. The second-order valence-corrected chi connectivity index (χ2v) is 6.28. The minimum Gasteiger partial charge on any atom is -0.393 e. The number of halogens is 1. The predicted molar refractivity (Wildman–Crippen MR) is 73.1 cm³/mol. The first kappa shape index (κ1) is 13.6. The number of urea groups is 1. The lowest BCUT2D eigenvalue weighted by molar-refractivity contribution is 0.0930. The van der Waals surface area contributed by atoms with E-state index in [1.165, 1.54) is 11.3 Å². The summed E-state index contributed by atoms with van der Waals surface area (Å²) in [7, 11) is 0. The molecule has 0 radical (unpaired) electrons. The third-order valence-corrected chi connectivity index (χ3v) is 4.53. The van der Waals surface area contributed by atoms with Crippen molar-refractivity contribution in [3.05, 3.63) is 21.3 Å². The number of carbonyl (C=O) groups is 1. The fraction of sp³-hybridized carbons (Fsp3) is 0.583. The van der Waals surface area contributed by atoms with Gasteiger partial charge in [-0.15, -0.1) is 11.3 Å². The number of piperidine rings is 1. The van der Waals surface area contributed by atoms with Crippen molar-refractivity contribution in [1.82, 2.24) is 10.2 Å². The van der Waals surface area contributed by atoms with Gasteiger partial charge in [0.2, 0.25) is 0 Å². The molecule has 2 amide bonds. The minimum atomic E-state index is -0.262. The van der Waals surface area contributed by atoms with Crippen LogP contribution >= 0.6 is 22.9 Å². The maximum Gasteiger partial charge on any atom is 0.317 e. The van der Waals surface area contributed by atoms with Crippen LogP contribution < -0.4 is 5.32 Å². The van der Waals surface area contributed by atoms with Crippen molar-refractivity contribution < 1.29 is 9.90 Å². The van der Waals surface area contributed by atoms with Crippen LogP contribution in [-0.2, 0) is 0 Å². The number of thiophene rings is 1. The van der Waals surface area contributed by atoms with Gasteiger partial charge < -0.3 is 15.3 Å². The van der Waals surface area contributed by atoms with E-state index < -0.39 is 0 Å². The van der Waals surface area contributed by atoms with Gasteiger partial charge in [0, 0.05) is 18.0 Å². The Hall–Kier alpha value is -0.780. The van der Waals surface area contributed by atoms with Crippen LogP contribution in [0.5, 0.6) is 0 Å². The Balaban J connectivity index is 1.87. The molecule has 4 nitrogen and oxygen atoms in total. The molecule has 1 aliphatic rings. The lowest BCUT2D eigenvalue weighted by Crippen LogP contribution is -2.46.